The molecular formula is C12H22S2. The van der Waals surface area contributed by atoms with Crippen LogP contribution in [0.25, 0.3) is 0 Å². The third-order valence-corrected chi connectivity index (χ3v) is 4.82. The van der Waals surface area contributed by atoms with E-state index in [9.17, 15) is 0 Å². The van der Waals surface area contributed by atoms with E-state index in [1.807, 2.05) is 21.6 Å². The van der Waals surface area contributed by atoms with Gasteiger partial charge in [-0.1, -0.05) is 43.9 Å². The number of allylic oxidation sites excluding steroid dienone is 2. The molecular weight excluding hydrogens is 208 g/mol. The lowest BCUT2D eigenvalue weighted by Crippen LogP contribution is -1.85. The highest BCUT2D eigenvalue weighted by molar-refractivity contribution is 8.76. The average Bonchev–Trinajstić information content (AvgIpc) is 2.11. The molecule has 0 rings (SSSR count). The Morgan fingerprint density at radius 2 is 0.929 bits per heavy atom. The summed E-state index contributed by atoms with van der Waals surface area (Å²) in [6, 6.07) is 0. The Morgan fingerprint density at radius 3 is 1.14 bits per heavy atom. The summed E-state index contributed by atoms with van der Waals surface area (Å²) in [5.74, 6) is 2.31. The quantitative estimate of drug-likeness (QED) is 0.367. The van der Waals surface area contributed by atoms with Crippen molar-refractivity contribution < 1.29 is 0 Å². The minimum absolute atomic E-state index is 1.16. The van der Waals surface area contributed by atoms with E-state index in [2.05, 4.69) is 41.5 Å². The molecule has 0 aliphatic heterocycles. The molecule has 0 heterocycles. The predicted octanol–water partition coefficient (Wildman–Crippen LogP) is 5.08. The Balaban J connectivity index is 3.69. The second kappa shape index (κ2) is 7.47. The fourth-order valence-corrected chi connectivity index (χ4v) is 3.21. The zero-order valence-corrected chi connectivity index (χ0v) is 11.9. The Bertz CT molecular complexity index is 203. The van der Waals surface area contributed by atoms with Gasteiger partial charge in [0.05, 0.1) is 0 Å². The molecule has 0 atom stereocenters. The van der Waals surface area contributed by atoms with Gasteiger partial charge in [-0.3, -0.25) is 0 Å². The van der Waals surface area contributed by atoms with Gasteiger partial charge in [-0.05, 0) is 41.5 Å². The van der Waals surface area contributed by atoms with Gasteiger partial charge < -0.3 is 0 Å². The van der Waals surface area contributed by atoms with Crippen LogP contribution in [0.5, 0.6) is 0 Å². The van der Waals surface area contributed by atoms with E-state index in [1.165, 1.54) is 22.3 Å². The molecule has 0 fully saturated rings. The summed E-state index contributed by atoms with van der Waals surface area (Å²) in [5.41, 5.74) is 5.93. The van der Waals surface area contributed by atoms with Crippen molar-refractivity contribution in [2.75, 3.05) is 11.5 Å². The molecule has 0 aromatic rings. The van der Waals surface area contributed by atoms with Crippen LogP contribution in [0, 0.1) is 0 Å². The van der Waals surface area contributed by atoms with Crippen molar-refractivity contribution in [1.29, 1.82) is 0 Å². The number of rotatable bonds is 5. The second-order valence-electron chi connectivity index (χ2n) is 4.09. The molecule has 0 aromatic carbocycles. The average molecular weight is 230 g/mol. The van der Waals surface area contributed by atoms with E-state index < -0.39 is 0 Å². The summed E-state index contributed by atoms with van der Waals surface area (Å²) in [6.07, 6.45) is 0. The van der Waals surface area contributed by atoms with Gasteiger partial charge in [0.1, 0.15) is 0 Å². The molecule has 82 valence electrons. The van der Waals surface area contributed by atoms with E-state index in [4.69, 9.17) is 0 Å². The van der Waals surface area contributed by atoms with E-state index in [0.29, 0.717) is 0 Å². The topological polar surface area (TPSA) is 0 Å². The molecule has 0 amide bonds. The largest absolute Gasteiger partial charge is 0.0894 e. The van der Waals surface area contributed by atoms with Crippen molar-refractivity contribution in [2.45, 2.75) is 41.5 Å². The summed E-state index contributed by atoms with van der Waals surface area (Å²) < 4.78 is 0. The first-order valence-electron chi connectivity index (χ1n) is 4.95. The van der Waals surface area contributed by atoms with Crippen LogP contribution >= 0.6 is 21.6 Å². The third-order valence-electron chi connectivity index (χ3n) is 2.34. The van der Waals surface area contributed by atoms with Crippen LogP contribution in [0.15, 0.2) is 22.3 Å². The number of hydrogen-bond acceptors (Lipinski definition) is 2. The minimum atomic E-state index is 1.16. The SMILES string of the molecule is CC(C)=C(C)CSSCC(C)=C(C)C. The Kier molecular flexibility index (Phi) is 7.56. The smallest absolute Gasteiger partial charge is 0.0247 e. The zero-order valence-electron chi connectivity index (χ0n) is 10.2. The van der Waals surface area contributed by atoms with Crippen molar-refractivity contribution in [3.8, 4) is 0 Å². The highest BCUT2D eigenvalue weighted by Gasteiger charge is 1.96. The molecule has 2 heteroatoms. The summed E-state index contributed by atoms with van der Waals surface area (Å²) in [7, 11) is 3.92. The first kappa shape index (κ1) is 14.2. The molecule has 0 nitrogen and oxygen atoms in total. The summed E-state index contributed by atoms with van der Waals surface area (Å²) in [5, 5.41) is 0. The molecule has 0 radical (unpaired) electrons. The molecule has 0 N–H and O–H groups in total. The minimum Gasteiger partial charge on any atom is -0.0894 e. The normalized spacial score (nSPS) is 9.86. The van der Waals surface area contributed by atoms with Crippen LogP contribution < -0.4 is 0 Å². The Labute approximate surface area is 97.0 Å². The van der Waals surface area contributed by atoms with Gasteiger partial charge in [0, 0.05) is 11.5 Å². The molecule has 0 aliphatic rings. The molecule has 0 spiro atoms. The predicted molar refractivity (Wildman–Crippen MR) is 73.0 cm³/mol. The summed E-state index contributed by atoms with van der Waals surface area (Å²) in [4.78, 5) is 0. The van der Waals surface area contributed by atoms with Gasteiger partial charge in [0.2, 0.25) is 0 Å². The van der Waals surface area contributed by atoms with Crippen molar-refractivity contribution in [1.82, 2.24) is 0 Å². The van der Waals surface area contributed by atoms with Gasteiger partial charge in [-0.15, -0.1) is 0 Å². The van der Waals surface area contributed by atoms with E-state index in [1.54, 1.807) is 0 Å². The Hall–Kier alpha value is 0.180. The van der Waals surface area contributed by atoms with E-state index >= 15 is 0 Å². The lowest BCUT2D eigenvalue weighted by atomic mass is 10.2. The van der Waals surface area contributed by atoms with Crippen molar-refractivity contribution in [2.24, 2.45) is 0 Å². The van der Waals surface area contributed by atoms with E-state index in [0.717, 1.165) is 11.5 Å². The maximum Gasteiger partial charge on any atom is 0.0247 e. The van der Waals surface area contributed by atoms with Gasteiger partial charge >= 0.3 is 0 Å². The Morgan fingerprint density at radius 1 is 0.643 bits per heavy atom. The lowest BCUT2D eigenvalue weighted by molar-refractivity contribution is 1.24. The molecule has 0 saturated carbocycles. The van der Waals surface area contributed by atoms with Crippen LogP contribution in [0.3, 0.4) is 0 Å². The maximum atomic E-state index is 2.22. The number of hydrogen-bond donors (Lipinski definition) is 0. The monoisotopic (exact) mass is 230 g/mol. The second-order valence-corrected chi connectivity index (χ2v) is 6.55. The molecule has 0 aromatic heterocycles. The van der Waals surface area contributed by atoms with Crippen molar-refractivity contribution in [3.63, 3.8) is 0 Å². The first-order valence-corrected chi connectivity index (χ1v) is 7.44. The van der Waals surface area contributed by atoms with Crippen molar-refractivity contribution >= 4 is 21.6 Å². The lowest BCUT2D eigenvalue weighted by Gasteiger charge is -2.05. The molecule has 0 aliphatic carbocycles. The van der Waals surface area contributed by atoms with Crippen molar-refractivity contribution in [3.05, 3.63) is 22.3 Å². The fourth-order valence-electron chi connectivity index (χ4n) is 0.549. The molecule has 0 saturated heterocycles. The van der Waals surface area contributed by atoms with Crippen LogP contribution in [-0.2, 0) is 0 Å². The maximum absolute atomic E-state index is 2.22. The van der Waals surface area contributed by atoms with Gasteiger partial charge in [0.15, 0.2) is 0 Å². The van der Waals surface area contributed by atoms with Gasteiger partial charge in [-0.25, -0.2) is 0 Å². The highest BCUT2D eigenvalue weighted by Crippen LogP contribution is 2.27. The van der Waals surface area contributed by atoms with E-state index in [-0.39, 0.29) is 0 Å². The highest BCUT2D eigenvalue weighted by atomic mass is 33.1. The van der Waals surface area contributed by atoms with Crippen LogP contribution in [0.1, 0.15) is 41.5 Å². The first-order chi connectivity index (χ1) is 6.45. The van der Waals surface area contributed by atoms with Crippen LogP contribution in [0.4, 0.5) is 0 Å². The van der Waals surface area contributed by atoms with Gasteiger partial charge in [0.25, 0.3) is 0 Å². The summed E-state index contributed by atoms with van der Waals surface area (Å²) in [6.45, 7) is 13.2. The van der Waals surface area contributed by atoms with Gasteiger partial charge in [-0.2, -0.15) is 0 Å². The molecule has 0 unspecified atom stereocenters. The standard InChI is InChI=1S/C12H22S2/c1-9(2)11(5)7-13-14-8-12(6)10(3)4/h7-8H2,1-6H3. The van der Waals surface area contributed by atoms with Crippen LogP contribution in [0.2, 0.25) is 0 Å². The molecule has 14 heavy (non-hydrogen) atoms. The third kappa shape index (κ3) is 6.61. The zero-order chi connectivity index (χ0) is 11.1. The fraction of sp³-hybridized carbons (Fsp3) is 0.667. The van der Waals surface area contributed by atoms with Crippen LogP contribution in [-0.4, -0.2) is 11.5 Å². The summed E-state index contributed by atoms with van der Waals surface area (Å²) >= 11 is 0. The molecule has 0 bridgehead atoms.